The summed E-state index contributed by atoms with van der Waals surface area (Å²) in [6, 6.07) is 30.1. The molecule has 0 N–H and O–H groups in total. The van der Waals surface area contributed by atoms with Gasteiger partial charge < -0.3 is 23.7 Å². The summed E-state index contributed by atoms with van der Waals surface area (Å²) in [5.74, 6) is 0. The number of benzene rings is 3. The van der Waals surface area contributed by atoms with Crippen LogP contribution < -0.4 is 0 Å². The molecule has 0 saturated carbocycles. The largest absolute Gasteiger partial charge is 0.380 e. The number of hydrogen-bond donors (Lipinski definition) is 0. The van der Waals surface area contributed by atoms with Gasteiger partial charge in [0, 0.05) is 47.5 Å². The van der Waals surface area contributed by atoms with Gasteiger partial charge in [0.15, 0.2) is 12.6 Å². The van der Waals surface area contributed by atoms with Crippen LogP contribution in [0.4, 0.5) is 0 Å². The molecule has 0 aliphatic heterocycles. The molecule has 5 heteroatoms. The molecule has 0 spiro atoms. The van der Waals surface area contributed by atoms with Gasteiger partial charge in [-0.2, -0.15) is 0 Å². The summed E-state index contributed by atoms with van der Waals surface area (Å²) >= 11 is 0. The monoisotopic (exact) mass is 566 g/mol. The summed E-state index contributed by atoms with van der Waals surface area (Å²) in [4.78, 5) is 0. The van der Waals surface area contributed by atoms with Gasteiger partial charge in [-0.05, 0) is 31.9 Å². The fraction of sp³-hybridized carbons (Fsp3) is 0.333. The van der Waals surface area contributed by atoms with Gasteiger partial charge in [0.2, 0.25) is 0 Å². The lowest BCUT2D eigenvalue weighted by atomic mass is 10.1. The lowest BCUT2D eigenvalue weighted by Crippen LogP contribution is -2.15. The van der Waals surface area contributed by atoms with Crippen LogP contribution in [0.5, 0.6) is 0 Å². The van der Waals surface area contributed by atoms with E-state index in [9.17, 15) is 0 Å². The number of rotatable bonds is 9. The maximum absolute atomic E-state index is 5.08. The number of ether oxygens (including phenoxy) is 5. The molecule has 3 aromatic rings. The molecule has 0 unspecified atom stereocenters. The topological polar surface area (TPSA) is 46.2 Å². The molecule has 3 rings (SSSR count). The van der Waals surface area contributed by atoms with Gasteiger partial charge in [-0.25, -0.2) is 0 Å². The van der Waals surface area contributed by atoms with Crippen LogP contribution in [0.15, 0.2) is 129 Å². The van der Waals surface area contributed by atoms with E-state index in [0.29, 0.717) is 6.61 Å². The van der Waals surface area contributed by atoms with Crippen LogP contribution in [0.1, 0.15) is 43.8 Å². The maximum Gasteiger partial charge on any atom is 0.183 e. The Kier molecular flexibility index (Phi) is 35.7. The number of allylic oxidation sites excluding steroid dienone is 3. The first-order valence-corrected chi connectivity index (χ1v) is 13.4. The zero-order valence-electron chi connectivity index (χ0n) is 26.6. The molecular formula is C36H54O5. The Morgan fingerprint density at radius 2 is 0.878 bits per heavy atom. The summed E-state index contributed by atoms with van der Waals surface area (Å²) in [5.41, 5.74) is 3.49. The summed E-state index contributed by atoms with van der Waals surface area (Å²) in [6.07, 6.45) is 5.68. The van der Waals surface area contributed by atoms with E-state index < -0.39 is 0 Å². The highest BCUT2D eigenvalue weighted by atomic mass is 16.7. The second-order valence-electron chi connectivity index (χ2n) is 7.95. The molecule has 3 aromatic carbocycles. The predicted octanol–water partition coefficient (Wildman–Crippen LogP) is 9.24. The first-order chi connectivity index (χ1) is 19.9. The molecule has 0 aromatic heterocycles. The fourth-order valence-corrected chi connectivity index (χ4v) is 2.79. The van der Waals surface area contributed by atoms with E-state index in [-0.39, 0.29) is 12.6 Å². The Bertz CT molecular complexity index is 892. The Morgan fingerprint density at radius 1 is 0.537 bits per heavy atom. The number of methoxy groups -OCH3 is 5. The van der Waals surface area contributed by atoms with Crippen LogP contribution in [0.3, 0.4) is 0 Å². The summed E-state index contributed by atoms with van der Waals surface area (Å²) in [5, 5.41) is 0. The van der Waals surface area contributed by atoms with Gasteiger partial charge in [0.25, 0.3) is 0 Å². The van der Waals surface area contributed by atoms with Crippen molar-refractivity contribution < 1.29 is 23.7 Å². The predicted molar refractivity (Wildman–Crippen MR) is 176 cm³/mol. The summed E-state index contributed by atoms with van der Waals surface area (Å²) in [6.45, 7) is 16.5. The van der Waals surface area contributed by atoms with E-state index in [2.05, 4.69) is 31.9 Å². The molecule has 0 aliphatic rings. The zero-order chi connectivity index (χ0) is 31.6. The van der Waals surface area contributed by atoms with Gasteiger partial charge in [-0.3, -0.25) is 0 Å². The van der Waals surface area contributed by atoms with E-state index >= 15 is 0 Å². The average Bonchev–Trinajstić information content (AvgIpc) is 3.00. The first kappa shape index (κ1) is 42.2. The smallest absolute Gasteiger partial charge is 0.183 e. The summed E-state index contributed by atoms with van der Waals surface area (Å²) in [7, 11) is 8.25. The third kappa shape index (κ3) is 28.0. The molecule has 0 amide bonds. The lowest BCUT2D eigenvalue weighted by molar-refractivity contribution is -0.106. The fourth-order valence-electron chi connectivity index (χ4n) is 2.79. The molecule has 0 radical (unpaired) electrons. The molecular weight excluding hydrogens is 512 g/mol. The van der Waals surface area contributed by atoms with Crippen molar-refractivity contribution in [3.05, 3.63) is 146 Å². The molecule has 0 fully saturated rings. The third-order valence-electron chi connectivity index (χ3n) is 4.42. The van der Waals surface area contributed by atoms with Crippen LogP contribution in [0.2, 0.25) is 0 Å². The van der Waals surface area contributed by atoms with Gasteiger partial charge in [0.05, 0.1) is 6.61 Å². The van der Waals surface area contributed by atoms with Crippen LogP contribution in [0.25, 0.3) is 0 Å². The minimum Gasteiger partial charge on any atom is -0.380 e. The van der Waals surface area contributed by atoms with Gasteiger partial charge in [-0.1, -0.05) is 109 Å². The van der Waals surface area contributed by atoms with Crippen LogP contribution in [-0.2, 0) is 36.7 Å². The highest BCUT2D eigenvalue weighted by Crippen LogP contribution is 2.15. The van der Waals surface area contributed by atoms with E-state index in [1.54, 1.807) is 53.8 Å². The molecule has 228 valence electrons. The van der Waals surface area contributed by atoms with Crippen molar-refractivity contribution in [1.29, 1.82) is 0 Å². The highest BCUT2D eigenvalue weighted by molar-refractivity contribution is 5.16. The van der Waals surface area contributed by atoms with Crippen LogP contribution >= 0.6 is 0 Å². The Hall–Kier alpha value is -3.32. The SMILES string of the molecule is C=CC.C=CC.C=CC.COC(Cc1ccccc1)OC.COC(OC)c1ccccc1.COCc1ccccc1. The van der Waals surface area contributed by atoms with Crippen molar-refractivity contribution in [2.75, 3.05) is 35.5 Å². The Labute approximate surface area is 251 Å². The Morgan fingerprint density at radius 3 is 1.20 bits per heavy atom. The standard InChI is InChI=1S/C10H14O2.C9H12O2.C8H10O.3C3H6/c1-11-10(12-2)8-9-6-4-3-5-7-9;1-10-9(11-2)8-6-4-3-5-7-8;1-9-7-8-5-3-2-4-6-8;3*1-3-2/h3-7,10H,8H2,1-2H3;3-7,9H,1-2H3;2-6H,7H2,1H3;3*3H,1H2,2H3. The normalized spacial score (nSPS) is 8.93. The van der Waals surface area contributed by atoms with Crippen LogP contribution in [-0.4, -0.2) is 41.8 Å². The van der Waals surface area contributed by atoms with E-state index in [4.69, 9.17) is 23.7 Å². The third-order valence-corrected chi connectivity index (χ3v) is 4.42. The minimum absolute atomic E-state index is 0.132. The van der Waals surface area contributed by atoms with Crippen molar-refractivity contribution in [2.45, 2.75) is 46.4 Å². The zero-order valence-corrected chi connectivity index (χ0v) is 26.6. The Balaban J connectivity index is -0.000000463. The maximum atomic E-state index is 5.08. The van der Waals surface area contributed by atoms with Crippen molar-refractivity contribution >= 4 is 0 Å². The second-order valence-corrected chi connectivity index (χ2v) is 7.95. The van der Waals surface area contributed by atoms with E-state index in [0.717, 1.165) is 12.0 Å². The molecule has 0 heterocycles. The molecule has 0 atom stereocenters. The molecule has 41 heavy (non-hydrogen) atoms. The van der Waals surface area contributed by atoms with E-state index in [1.165, 1.54) is 11.1 Å². The van der Waals surface area contributed by atoms with Crippen molar-refractivity contribution in [3.8, 4) is 0 Å². The van der Waals surface area contributed by atoms with Crippen LogP contribution in [0, 0.1) is 0 Å². The molecule has 5 nitrogen and oxygen atoms in total. The van der Waals surface area contributed by atoms with Crippen molar-refractivity contribution in [1.82, 2.24) is 0 Å². The minimum atomic E-state index is -0.240. The van der Waals surface area contributed by atoms with Gasteiger partial charge >= 0.3 is 0 Å². The molecule has 0 saturated heterocycles. The highest BCUT2D eigenvalue weighted by Gasteiger charge is 2.06. The lowest BCUT2D eigenvalue weighted by Gasteiger charge is -2.12. The first-order valence-electron chi connectivity index (χ1n) is 13.4. The molecule has 0 aliphatic carbocycles. The second kappa shape index (κ2) is 34.7. The van der Waals surface area contributed by atoms with Gasteiger partial charge in [0.1, 0.15) is 0 Å². The van der Waals surface area contributed by atoms with Crippen molar-refractivity contribution in [3.63, 3.8) is 0 Å². The number of hydrogen-bond acceptors (Lipinski definition) is 5. The average molecular weight is 567 g/mol. The van der Waals surface area contributed by atoms with E-state index in [1.807, 2.05) is 99.6 Å². The summed E-state index contributed by atoms with van der Waals surface area (Å²) < 4.78 is 25.2. The van der Waals surface area contributed by atoms with Crippen molar-refractivity contribution in [2.24, 2.45) is 0 Å². The quantitative estimate of drug-likeness (QED) is 0.191. The molecule has 0 bridgehead atoms. The van der Waals surface area contributed by atoms with Gasteiger partial charge in [-0.15, -0.1) is 19.7 Å².